The number of thioether (sulfide) groups is 2. The monoisotopic (exact) mass is 1480 g/mol. The Hall–Kier alpha value is -4.64. The van der Waals surface area contributed by atoms with Gasteiger partial charge in [0.15, 0.2) is 0 Å². The van der Waals surface area contributed by atoms with Crippen LogP contribution in [0.2, 0.25) is 0 Å². The van der Waals surface area contributed by atoms with Gasteiger partial charge in [-0.05, 0) is 85.8 Å². The third-order valence-electron chi connectivity index (χ3n) is 15.3. The van der Waals surface area contributed by atoms with E-state index in [9.17, 15) is 19.2 Å². The highest BCUT2D eigenvalue weighted by Crippen LogP contribution is 2.16. The van der Waals surface area contributed by atoms with Gasteiger partial charge >= 0.3 is 23.9 Å². The van der Waals surface area contributed by atoms with E-state index >= 15 is 0 Å². The number of unbranched alkanes of at least 4 members (excludes halogenated alkanes) is 5. The topological polar surface area (TPSA) is 270 Å². The van der Waals surface area contributed by atoms with Gasteiger partial charge in [-0.15, -0.1) is 0 Å². The Morgan fingerprint density at radius 1 is 0.410 bits per heavy atom. The number of esters is 4. The molecule has 0 unspecified atom stereocenters. The molecule has 0 saturated carbocycles. The smallest absolute Gasteiger partial charge is 0.356 e. The van der Waals surface area contributed by atoms with E-state index in [1.54, 1.807) is 24.3 Å². The van der Waals surface area contributed by atoms with Gasteiger partial charge in [0.25, 0.3) is 0 Å². The van der Waals surface area contributed by atoms with Gasteiger partial charge in [-0.3, -0.25) is 19.6 Å². The Balaban J connectivity index is 0.000000962. The minimum atomic E-state index is -0.459. The van der Waals surface area contributed by atoms with Crippen LogP contribution >= 0.6 is 50.5 Å². The molecule has 0 aliphatic carbocycles. The SMILES string of the molecule is C.C.CCCCCCSC[C@@H]1COCCN(Cc2cccc(C(=O)OC)n2)CCOCCOCCN(Cc2cccc(C(=O)OC)n2)CCO1.COC(=O)c1cccc(CN2CCOCCOCCN(Cc3cccc(C(=O)OC)n3)CCO[C@H](CSCCCCCN)COCC2)n1.S.S. The minimum Gasteiger partial charge on any atom is -0.464 e. The van der Waals surface area contributed by atoms with Crippen LogP contribution in [0.4, 0.5) is 0 Å². The quantitative estimate of drug-likeness (QED) is 0.0352. The van der Waals surface area contributed by atoms with Crippen LogP contribution in [0.1, 0.15) is 131 Å². The highest BCUT2D eigenvalue weighted by atomic mass is 32.2. The molecule has 0 aromatic carbocycles. The zero-order valence-corrected chi connectivity index (χ0v) is 62.1. The zero-order valence-electron chi connectivity index (χ0n) is 58.5. The second-order valence-corrected chi connectivity index (χ2v) is 25.1. The zero-order chi connectivity index (χ0) is 68.5. The number of carbonyl (C=O) groups is 4. The molecular weight excluding hydrogens is 1360 g/mol. The minimum absolute atomic E-state index is 0. The number of hydrogen-bond acceptors (Lipinski definition) is 27. The van der Waals surface area contributed by atoms with Gasteiger partial charge < -0.3 is 62.6 Å². The fraction of sp³-hybridized carbons (Fsp3) is 0.662. The molecule has 2 fully saturated rings. The first kappa shape index (κ1) is 93.4. The predicted octanol–water partition coefficient (Wildman–Crippen LogP) is 8.28. The van der Waals surface area contributed by atoms with Gasteiger partial charge in [0.2, 0.25) is 0 Å². The average molecular weight is 1480 g/mol. The number of rotatable bonds is 26. The highest BCUT2D eigenvalue weighted by Gasteiger charge is 2.20. The first-order valence-electron chi connectivity index (χ1n) is 33.7. The number of methoxy groups -OCH3 is 4. The number of ether oxygens (including phenoxy) is 12. The Bertz CT molecular complexity index is 2580. The Morgan fingerprint density at radius 3 is 0.970 bits per heavy atom. The molecule has 6 heterocycles. The lowest BCUT2D eigenvalue weighted by Gasteiger charge is -2.25. The summed E-state index contributed by atoms with van der Waals surface area (Å²) in [6, 6.07) is 21.5. The lowest BCUT2D eigenvalue weighted by Crippen LogP contribution is -2.35. The molecule has 2 atom stereocenters. The van der Waals surface area contributed by atoms with E-state index in [0.717, 1.165) is 71.6 Å². The van der Waals surface area contributed by atoms with Crippen molar-refractivity contribution in [2.45, 2.75) is 105 Å². The average Bonchev–Trinajstić information content (AvgIpc) is 0.912. The summed E-state index contributed by atoms with van der Waals surface area (Å²) in [7, 11) is 5.41. The number of nitrogens with zero attached hydrogens (tertiary/aromatic N) is 8. The summed E-state index contributed by atoms with van der Waals surface area (Å²) in [6.07, 6.45) is 8.14. The molecular formula is C71H119N9O16S4. The molecule has 2 N–H and O–H groups in total. The van der Waals surface area contributed by atoms with E-state index in [2.05, 4.69) is 46.5 Å². The summed E-state index contributed by atoms with van der Waals surface area (Å²) in [5.74, 6) is 2.03. The number of pyridine rings is 4. The summed E-state index contributed by atoms with van der Waals surface area (Å²) >= 11 is 3.80. The molecule has 0 spiro atoms. The summed E-state index contributed by atoms with van der Waals surface area (Å²) in [4.78, 5) is 74.9. The highest BCUT2D eigenvalue weighted by molar-refractivity contribution is 7.99. The fourth-order valence-electron chi connectivity index (χ4n) is 9.95. The number of hydrogen-bond donors (Lipinski definition) is 1. The number of aromatic nitrogens is 4. The third-order valence-corrected chi connectivity index (χ3v) is 17.6. The molecule has 2 aliphatic heterocycles. The predicted molar refractivity (Wildman–Crippen MR) is 404 cm³/mol. The van der Waals surface area contributed by atoms with Crippen LogP contribution in [0.25, 0.3) is 0 Å². The van der Waals surface area contributed by atoms with Gasteiger partial charge in [-0.2, -0.15) is 50.5 Å². The van der Waals surface area contributed by atoms with E-state index in [4.69, 9.17) is 62.6 Å². The second-order valence-electron chi connectivity index (χ2n) is 22.8. The van der Waals surface area contributed by atoms with E-state index in [1.165, 1.54) is 54.1 Å². The molecule has 568 valence electrons. The molecule has 25 nitrogen and oxygen atoms in total. The van der Waals surface area contributed by atoms with Crippen LogP contribution in [0, 0.1) is 0 Å². The maximum absolute atomic E-state index is 12.0. The van der Waals surface area contributed by atoms with Gasteiger partial charge in [-0.1, -0.05) is 71.7 Å². The van der Waals surface area contributed by atoms with Crippen molar-refractivity contribution in [2.75, 3.05) is 203 Å². The van der Waals surface area contributed by atoms with E-state index in [1.807, 2.05) is 72.1 Å². The van der Waals surface area contributed by atoms with Crippen LogP contribution in [0.3, 0.4) is 0 Å². The molecule has 4 aromatic rings. The third kappa shape index (κ3) is 41.0. The molecule has 0 bridgehead atoms. The van der Waals surface area contributed by atoms with Crippen LogP contribution in [0.15, 0.2) is 72.8 Å². The lowest BCUT2D eigenvalue weighted by molar-refractivity contribution is -0.0238. The number of carbonyl (C=O) groups excluding carboxylic acids is 4. The maximum Gasteiger partial charge on any atom is 0.356 e. The largest absolute Gasteiger partial charge is 0.464 e. The van der Waals surface area contributed by atoms with Crippen molar-refractivity contribution in [1.29, 1.82) is 0 Å². The van der Waals surface area contributed by atoms with Crippen LogP contribution < -0.4 is 5.73 Å². The maximum atomic E-state index is 12.0. The second kappa shape index (κ2) is 59.7. The van der Waals surface area contributed by atoms with Crippen molar-refractivity contribution in [3.05, 3.63) is 118 Å². The molecule has 4 aromatic heterocycles. The summed E-state index contributed by atoms with van der Waals surface area (Å²) in [6.45, 7) is 17.5. The summed E-state index contributed by atoms with van der Waals surface area (Å²) < 4.78 is 68.2. The van der Waals surface area contributed by atoms with Crippen LogP contribution in [-0.2, 0) is 83.0 Å². The molecule has 2 aliphatic rings. The number of nitrogens with two attached hydrogens (primary N) is 1. The van der Waals surface area contributed by atoms with Gasteiger partial charge in [0, 0.05) is 90.0 Å². The van der Waals surface area contributed by atoms with Crippen LogP contribution in [0.5, 0.6) is 0 Å². The first-order chi connectivity index (χ1) is 47.0. The van der Waals surface area contributed by atoms with Gasteiger partial charge in [-0.25, -0.2) is 39.1 Å². The Labute approximate surface area is 618 Å². The molecule has 0 amide bonds. The van der Waals surface area contributed by atoms with Crippen molar-refractivity contribution in [3.8, 4) is 0 Å². The van der Waals surface area contributed by atoms with Crippen molar-refractivity contribution in [2.24, 2.45) is 5.73 Å². The Morgan fingerprint density at radius 2 is 0.690 bits per heavy atom. The van der Waals surface area contributed by atoms with Crippen molar-refractivity contribution >= 4 is 74.4 Å². The lowest BCUT2D eigenvalue weighted by atomic mass is 10.2. The van der Waals surface area contributed by atoms with Crippen LogP contribution in [-0.4, -0.2) is 278 Å². The molecule has 2 saturated heterocycles. The van der Waals surface area contributed by atoms with E-state index in [0.29, 0.717) is 177 Å². The molecule has 6 rings (SSSR count). The van der Waals surface area contributed by atoms with Crippen molar-refractivity contribution < 1.29 is 76.0 Å². The van der Waals surface area contributed by atoms with Gasteiger partial charge in [0.05, 0.1) is 156 Å². The Kier molecular flexibility index (Phi) is 55.8. The molecule has 100 heavy (non-hydrogen) atoms. The van der Waals surface area contributed by atoms with Crippen molar-refractivity contribution in [3.63, 3.8) is 0 Å². The molecule has 29 heteroatoms. The van der Waals surface area contributed by atoms with Gasteiger partial charge in [0.1, 0.15) is 22.8 Å². The standard InChI is InChI=1S/C35H54N4O8S.C34H53N5O8S.2CH4.2H2S/c1-4-5-6-7-24-48-28-31-27-46-20-16-38(25-29-10-8-12-32(36-29)34(40)42-2)14-18-44-22-23-45-19-15-39(17-21-47-31)26-30-11-9-13-33(37-30)35(41)43-3;1-42-33(40)31-10-6-8-28(36-31)24-38-13-17-44-21-22-45-18-14-39(25-29-9-7-11-32(37-29)34(41)43-2)16-20-47-30(26-46-19-15-38)27-48-23-5-3-4-12-35;;;;/h8-13,31H,4-7,14-28H2,1-3H3;6-11,30H,3-5,12-27,35H2,1-2H3;2*1H4;2*1H2/t31-;30-;;;;/m00..../s1. The summed E-state index contributed by atoms with van der Waals surface area (Å²) in [5, 5.41) is 0. The fourth-order valence-corrected chi connectivity index (χ4v) is 12.0. The first-order valence-corrected chi connectivity index (χ1v) is 36.0. The van der Waals surface area contributed by atoms with E-state index < -0.39 is 23.9 Å². The van der Waals surface area contributed by atoms with Crippen molar-refractivity contribution in [1.82, 2.24) is 39.5 Å². The normalized spacial score (nSPS) is 17.7. The molecule has 0 radical (unpaired) electrons. The van der Waals surface area contributed by atoms with E-state index in [-0.39, 0.29) is 71.1 Å². The summed E-state index contributed by atoms with van der Waals surface area (Å²) in [5.41, 5.74) is 9.90.